The fourth-order valence-corrected chi connectivity index (χ4v) is 4.18. The van der Waals surface area contributed by atoms with Crippen LogP contribution in [-0.4, -0.2) is 61.8 Å². The molecule has 1 saturated heterocycles. The van der Waals surface area contributed by atoms with Gasteiger partial charge in [-0.25, -0.2) is 4.79 Å². The molecule has 3 rings (SSSR count). The summed E-state index contributed by atoms with van der Waals surface area (Å²) in [6, 6.07) is 3.70. The predicted molar refractivity (Wildman–Crippen MR) is 103 cm³/mol. The van der Waals surface area contributed by atoms with Crippen LogP contribution in [0.15, 0.2) is 24.3 Å². The molecule has 0 bridgehead atoms. The molecule has 2 fully saturated rings. The molecule has 1 aromatic carbocycles. The first-order chi connectivity index (χ1) is 14.3. The predicted octanol–water partition coefficient (Wildman–Crippen LogP) is 3.01. The molecule has 1 aliphatic heterocycles. The normalized spacial score (nSPS) is 19.8. The number of nitrogens with one attached hydrogen (secondary N) is 1. The lowest BCUT2D eigenvalue weighted by molar-refractivity contribution is -0.137. The Bertz CT molecular complexity index is 725. The number of amides is 1. The number of esters is 1. The van der Waals surface area contributed by atoms with Gasteiger partial charge in [-0.15, -0.1) is 0 Å². The summed E-state index contributed by atoms with van der Waals surface area (Å²) in [5.74, 6) is -1.26. The molecule has 2 aliphatic rings. The summed E-state index contributed by atoms with van der Waals surface area (Å²) < 4.78 is 48.2. The zero-order valence-electron chi connectivity index (χ0n) is 16.8. The van der Waals surface area contributed by atoms with Crippen molar-refractivity contribution < 1.29 is 32.2 Å². The summed E-state index contributed by atoms with van der Waals surface area (Å²) >= 11 is 0. The maximum atomic E-state index is 12.6. The van der Waals surface area contributed by atoms with Gasteiger partial charge in [0.2, 0.25) is 0 Å². The molecule has 0 aromatic heterocycles. The van der Waals surface area contributed by atoms with Crippen LogP contribution < -0.4 is 5.32 Å². The highest BCUT2D eigenvalue weighted by atomic mass is 19.4. The standard InChI is InChI=1S/C21H27F3N2O4/c22-21(23,24)17-6-4-16(5-7-17)19(28)30-14-18(27)25-15-20(8-2-1-3-9-20)26-10-12-29-13-11-26/h4-7H,1-3,8-15H2,(H,25,27). The number of nitrogens with zero attached hydrogens (tertiary/aromatic N) is 1. The lowest BCUT2D eigenvalue weighted by Crippen LogP contribution is -2.59. The molecule has 6 nitrogen and oxygen atoms in total. The van der Waals surface area contributed by atoms with Crippen molar-refractivity contribution in [3.05, 3.63) is 35.4 Å². The second kappa shape index (κ2) is 9.78. The largest absolute Gasteiger partial charge is 0.452 e. The van der Waals surface area contributed by atoms with E-state index in [1.54, 1.807) is 0 Å². The van der Waals surface area contributed by atoms with Gasteiger partial charge in [0.1, 0.15) is 0 Å². The molecule has 1 amide bonds. The number of hydrogen-bond acceptors (Lipinski definition) is 5. The smallest absolute Gasteiger partial charge is 0.416 e. The third-order valence-electron chi connectivity index (χ3n) is 5.86. The van der Waals surface area contributed by atoms with Crippen LogP contribution in [0.4, 0.5) is 13.2 Å². The van der Waals surface area contributed by atoms with E-state index in [1.165, 1.54) is 6.42 Å². The summed E-state index contributed by atoms with van der Waals surface area (Å²) in [5.41, 5.74) is -0.986. The van der Waals surface area contributed by atoms with E-state index in [-0.39, 0.29) is 11.1 Å². The number of carbonyl (C=O) groups excluding carboxylic acids is 2. The first kappa shape index (κ1) is 22.6. The van der Waals surface area contributed by atoms with Gasteiger partial charge < -0.3 is 14.8 Å². The van der Waals surface area contributed by atoms with Crippen LogP contribution >= 0.6 is 0 Å². The van der Waals surface area contributed by atoms with E-state index < -0.39 is 30.2 Å². The van der Waals surface area contributed by atoms with Crippen molar-refractivity contribution in [2.75, 3.05) is 39.5 Å². The first-order valence-electron chi connectivity index (χ1n) is 10.2. The van der Waals surface area contributed by atoms with Crippen LogP contribution in [0.1, 0.15) is 48.0 Å². The Labute approximate surface area is 173 Å². The summed E-state index contributed by atoms with van der Waals surface area (Å²) in [6.07, 6.45) is 0.923. The number of benzene rings is 1. The van der Waals surface area contributed by atoms with Crippen LogP contribution in [0.5, 0.6) is 0 Å². The molecule has 1 aliphatic carbocycles. The number of carbonyl (C=O) groups is 2. The fourth-order valence-electron chi connectivity index (χ4n) is 4.18. The maximum absolute atomic E-state index is 12.6. The van der Waals surface area contributed by atoms with Crippen molar-refractivity contribution in [1.82, 2.24) is 10.2 Å². The number of hydrogen-bond donors (Lipinski definition) is 1. The fraction of sp³-hybridized carbons (Fsp3) is 0.619. The molecule has 166 valence electrons. The molecular weight excluding hydrogens is 401 g/mol. The summed E-state index contributed by atoms with van der Waals surface area (Å²) in [4.78, 5) is 26.7. The van der Waals surface area contributed by atoms with E-state index in [1.807, 2.05) is 0 Å². The van der Waals surface area contributed by atoms with Gasteiger partial charge in [-0.1, -0.05) is 19.3 Å². The molecule has 0 unspecified atom stereocenters. The second-order valence-corrected chi connectivity index (χ2v) is 7.81. The summed E-state index contributed by atoms with van der Waals surface area (Å²) in [6.45, 7) is 3.03. The summed E-state index contributed by atoms with van der Waals surface area (Å²) in [5, 5.41) is 2.88. The highest BCUT2D eigenvalue weighted by Gasteiger charge is 2.38. The number of rotatable bonds is 6. The molecule has 0 atom stereocenters. The van der Waals surface area contributed by atoms with E-state index in [0.29, 0.717) is 19.8 Å². The van der Waals surface area contributed by atoms with Crippen molar-refractivity contribution >= 4 is 11.9 Å². The monoisotopic (exact) mass is 428 g/mol. The molecule has 0 radical (unpaired) electrons. The van der Waals surface area contributed by atoms with Gasteiger partial charge in [0.25, 0.3) is 5.91 Å². The van der Waals surface area contributed by atoms with Gasteiger partial charge in [-0.05, 0) is 37.1 Å². The molecule has 9 heteroatoms. The number of halogens is 3. The van der Waals surface area contributed by atoms with Gasteiger partial charge >= 0.3 is 12.1 Å². The average Bonchev–Trinajstić information content (AvgIpc) is 2.77. The van der Waals surface area contributed by atoms with Crippen molar-refractivity contribution in [3.8, 4) is 0 Å². The van der Waals surface area contributed by atoms with Gasteiger partial charge in [0, 0.05) is 25.2 Å². The number of morpholine rings is 1. The van der Waals surface area contributed by atoms with E-state index in [2.05, 4.69) is 10.2 Å². The van der Waals surface area contributed by atoms with Crippen molar-refractivity contribution in [3.63, 3.8) is 0 Å². The van der Waals surface area contributed by atoms with Gasteiger partial charge in [0.05, 0.1) is 24.3 Å². The first-order valence-corrected chi connectivity index (χ1v) is 10.2. The highest BCUT2D eigenvalue weighted by Crippen LogP contribution is 2.34. The van der Waals surface area contributed by atoms with E-state index >= 15 is 0 Å². The minimum absolute atomic E-state index is 0.0344. The van der Waals surface area contributed by atoms with Gasteiger partial charge in [-0.2, -0.15) is 13.2 Å². The highest BCUT2D eigenvalue weighted by molar-refractivity contribution is 5.91. The van der Waals surface area contributed by atoms with Crippen molar-refractivity contribution in [2.45, 2.75) is 43.8 Å². The lowest BCUT2D eigenvalue weighted by atomic mass is 9.79. The van der Waals surface area contributed by atoms with Crippen LogP contribution in [0, 0.1) is 0 Å². The van der Waals surface area contributed by atoms with Gasteiger partial charge in [0.15, 0.2) is 6.61 Å². The Morgan fingerprint density at radius 1 is 1.07 bits per heavy atom. The Kier molecular flexibility index (Phi) is 7.36. The van der Waals surface area contributed by atoms with E-state index in [4.69, 9.17) is 9.47 Å². The molecule has 1 heterocycles. The third kappa shape index (κ3) is 5.72. The minimum atomic E-state index is -4.47. The van der Waals surface area contributed by atoms with E-state index in [0.717, 1.165) is 63.0 Å². The zero-order chi connectivity index (χ0) is 21.6. The average molecular weight is 428 g/mol. The van der Waals surface area contributed by atoms with Crippen molar-refractivity contribution in [2.24, 2.45) is 0 Å². The molecule has 1 aromatic rings. The van der Waals surface area contributed by atoms with E-state index in [9.17, 15) is 22.8 Å². The van der Waals surface area contributed by atoms with Crippen LogP contribution in [0.3, 0.4) is 0 Å². The Morgan fingerprint density at radius 3 is 2.30 bits per heavy atom. The zero-order valence-corrected chi connectivity index (χ0v) is 16.8. The molecule has 0 spiro atoms. The van der Waals surface area contributed by atoms with Crippen LogP contribution in [0.25, 0.3) is 0 Å². The maximum Gasteiger partial charge on any atom is 0.416 e. The van der Waals surface area contributed by atoms with Gasteiger partial charge in [-0.3, -0.25) is 9.69 Å². The van der Waals surface area contributed by atoms with Crippen molar-refractivity contribution in [1.29, 1.82) is 0 Å². The Hall–Kier alpha value is -2.13. The Morgan fingerprint density at radius 2 is 1.70 bits per heavy atom. The SMILES string of the molecule is O=C(COC(=O)c1ccc(C(F)(F)F)cc1)NCC1(N2CCOCC2)CCCCC1. The van der Waals surface area contributed by atoms with Crippen LogP contribution in [-0.2, 0) is 20.4 Å². The molecule has 1 saturated carbocycles. The minimum Gasteiger partial charge on any atom is -0.452 e. The topological polar surface area (TPSA) is 67.9 Å². The molecule has 30 heavy (non-hydrogen) atoms. The number of ether oxygens (including phenoxy) is 2. The lowest BCUT2D eigenvalue weighted by Gasteiger charge is -2.48. The second-order valence-electron chi connectivity index (χ2n) is 7.81. The van der Waals surface area contributed by atoms with Crippen LogP contribution in [0.2, 0.25) is 0 Å². The molecular formula is C21H27F3N2O4. The number of alkyl halides is 3. The Balaban J connectivity index is 1.50. The third-order valence-corrected chi connectivity index (χ3v) is 5.86. The molecule has 1 N–H and O–H groups in total. The summed E-state index contributed by atoms with van der Waals surface area (Å²) in [7, 11) is 0. The quantitative estimate of drug-likeness (QED) is 0.706.